The molecular formula is C23H29N3O2S. The van der Waals surface area contributed by atoms with Crippen LogP contribution in [0.2, 0.25) is 0 Å². The lowest BCUT2D eigenvalue weighted by atomic mass is 9.92. The van der Waals surface area contributed by atoms with Gasteiger partial charge in [-0.05, 0) is 64.4 Å². The molecular weight excluding hydrogens is 382 g/mol. The first-order chi connectivity index (χ1) is 14.0. The van der Waals surface area contributed by atoms with E-state index in [4.69, 9.17) is 4.98 Å². The average molecular weight is 412 g/mol. The Balaban J connectivity index is 1.42. The predicted molar refractivity (Wildman–Crippen MR) is 117 cm³/mol. The van der Waals surface area contributed by atoms with Gasteiger partial charge in [0.2, 0.25) is 5.91 Å². The van der Waals surface area contributed by atoms with Gasteiger partial charge in [0.15, 0.2) is 0 Å². The molecule has 1 aliphatic heterocycles. The number of likely N-dealkylation sites (tertiary alicyclic amines) is 1. The van der Waals surface area contributed by atoms with Crippen molar-refractivity contribution < 1.29 is 4.79 Å². The Morgan fingerprint density at radius 1 is 1.10 bits per heavy atom. The second-order valence-corrected chi connectivity index (χ2v) is 10.1. The van der Waals surface area contributed by atoms with Crippen LogP contribution in [0.1, 0.15) is 73.2 Å². The molecule has 154 valence electrons. The molecule has 2 aromatic heterocycles. The van der Waals surface area contributed by atoms with Gasteiger partial charge in [0.1, 0.15) is 10.7 Å². The Kier molecular flexibility index (Phi) is 4.85. The van der Waals surface area contributed by atoms with Crippen LogP contribution in [-0.2, 0) is 4.79 Å². The zero-order valence-electron chi connectivity index (χ0n) is 17.3. The van der Waals surface area contributed by atoms with Gasteiger partial charge in [-0.1, -0.05) is 12.2 Å². The van der Waals surface area contributed by atoms with E-state index >= 15 is 0 Å². The third kappa shape index (κ3) is 3.35. The van der Waals surface area contributed by atoms with Crippen molar-refractivity contribution in [3.63, 3.8) is 0 Å². The first-order valence-corrected chi connectivity index (χ1v) is 11.8. The maximum atomic E-state index is 13.5. The number of aromatic nitrogens is 2. The van der Waals surface area contributed by atoms with Crippen LogP contribution in [0.4, 0.5) is 0 Å². The quantitative estimate of drug-likeness (QED) is 0.700. The number of aryl methyl sites for hydroxylation is 2. The van der Waals surface area contributed by atoms with E-state index in [0.29, 0.717) is 11.8 Å². The van der Waals surface area contributed by atoms with E-state index < -0.39 is 0 Å². The van der Waals surface area contributed by atoms with E-state index in [-0.39, 0.29) is 17.5 Å². The van der Waals surface area contributed by atoms with Crippen molar-refractivity contribution in [3.05, 3.63) is 38.8 Å². The third-order valence-electron chi connectivity index (χ3n) is 6.96. The summed E-state index contributed by atoms with van der Waals surface area (Å²) in [5, 5.41) is 0.810. The summed E-state index contributed by atoms with van der Waals surface area (Å²) < 4.78 is 2.02. The molecule has 0 radical (unpaired) electrons. The van der Waals surface area contributed by atoms with Gasteiger partial charge in [-0.2, -0.15) is 0 Å². The molecule has 5 nitrogen and oxygen atoms in total. The van der Waals surface area contributed by atoms with Gasteiger partial charge in [0.05, 0.1) is 5.39 Å². The molecule has 3 aliphatic rings. The van der Waals surface area contributed by atoms with E-state index in [1.165, 1.54) is 4.88 Å². The number of amides is 1. The van der Waals surface area contributed by atoms with Crippen LogP contribution in [0.5, 0.6) is 0 Å². The highest BCUT2D eigenvalue weighted by Crippen LogP contribution is 2.41. The molecule has 0 spiro atoms. The Morgan fingerprint density at radius 2 is 1.86 bits per heavy atom. The lowest BCUT2D eigenvalue weighted by molar-refractivity contribution is -0.137. The van der Waals surface area contributed by atoms with Crippen LogP contribution in [0, 0.1) is 19.8 Å². The molecule has 1 saturated heterocycles. The van der Waals surface area contributed by atoms with E-state index in [9.17, 15) is 9.59 Å². The van der Waals surface area contributed by atoms with Crippen LogP contribution in [0.25, 0.3) is 10.2 Å². The minimum Gasteiger partial charge on any atom is -0.342 e. The lowest BCUT2D eigenvalue weighted by Gasteiger charge is -2.36. The molecule has 2 aromatic rings. The highest BCUT2D eigenvalue weighted by atomic mass is 32.1. The number of fused-ring (bicyclic) bond motifs is 1. The molecule has 2 fully saturated rings. The molecule has 0 bridgehead atoms. The average Bonchev–Trinajstić information content (AvgIpc) is 3.54. The standard InChI is InChI=1S/C23H29N3O2S/c1-14-15(2)29-21-19(14)23(28)26(20(24-21)16-8-9-16)18-10-12-25(13-11-18)22(27)17-6-4-3-5-7-17/h3-4,16-18H,5-13H2,1-2H3/t17-/m0/s1. The van der Waals surface area contributed by atoms with E-state index in [1.54, 1.807) is 11.3 Å². The normalized spacial score (nSPS) is 23.1. The van der Waals surface area contributed by atoms with E-state index in [2.05, 4.69) is 19.1 Å². The monoisotopic (exact) mass is 411 g/mol. The summed E-state index contributed by atoms with van der Waals surface area (Å²) in [6.45, 7) is 5.62. The topological polar surface area (TPSA) is 55.2 Å². The number of nitrogens with zero attached hydrogens (tertiary/aromatic N) is 3. The van der Waals surface area contributed by atoms with Gasteiger partial charge in [-0.15, -0.1) is 11.3 Å². The van der Waals surface area contributed by atoms with Gasteiger partial charge in [-0.25, -0.2) is 4.98 Å². The van der Waals surface area contributed by atoms with Gasteiger partial charge >= 0.3 is 0 Å². The highest BCUT2D eigenvalue weighted by Gasteiger charge is 2.35. The molecule has 3 heterocycles. The maximum Gasteiger partial charge on any atom is 0.262 e. The summed E-state index contributed by atoms with van der Waals surface area (Å²) in [7, 11) is 0. The highest BCUT2D eigenvalue weighted by molar-refractivity contribution is 7.18. The summed E-state index contributed by atoms with van der Waals surface area (Å²) in [5.74, 6) is 1.88. The molecule has 2 aliphatic carbocycles. The molecule has 1 atom stereocenters. The third-order valence-corrected chi connectivity index (χ3v) is 8.07. The van der Waals surface area contributed by atoms with Gasteiger partial charge in [-0.3, -0.25) is 14.2 Å². The number of hydrogen-bond donors (Lipinski definition) is 0. The second kappa shape index (κ2) is 7.38. The Bertz CT molecular complexity index is 1040. The minimum absolute atomic E-state index is 0.140. The van der Waals surface area contributed by atoms with Crippen molar-refractivity contribution in [2.75, 3.05) is 13.1 Å². The summed E-state index contributed by atoms with van der Waals surface area (Å²) in [4.78, 5) is 35.5. The fraction of sp³-hybridized carbons (Fsp3) is 0.609. The molecule has 0 aromatic carbocycles. The number of hydrogen-bond acceptors (Lipinski definition) is 4. The number of carbonyl (C=O) groups is 1. The molecule has 1 saturated carbocycles. The van der Waals surface area contributed by atoms with Crippen LogP contribution < -0.4 is 5.56 Å². The predicted octanol–water partition coefficient (Wildman–Crippen LogP) is 4.47. The Morgan fingerprint density at radius 3 is 2.52 bits per heavy atom. The number of thiophene rings is 1. The zero-order chi connectivity index (χ0) is 20.1. The molecule has 6 heteroatoms. The molecule has 29 heavy (non-hydrogen) atoms. The fourth-order valence-electron chi connectivity index (χ4n) is 4.92. The molecule has 0 N–H and O–H groups in total. The molecule has 1 amide bonds. The summed E-state index contributed by atoms with van der Waals surface area (Å²) >= 11 is 1.64. The van der Waals surface area contributed by atoms with Crippen molar-refractivity contribution in [2.45, 2.75) is 70.8 Å². The smallest absolute Gasteiger partial charge is 0.262 e. The van der Waals surface area contributed by atoms with Crippen LogP contribution >= 0.6 is 11.3 Å². The Hall–Kier alpha value is -1.95. The van der Waals surface area contributed by atoms with Crippen LogP contribution in [0.3, 0.4) is 0 Å². The lowest BCUT2D eigenvalue weighted by Crippen LogP contribution is -2.44. The van der Waals surface area contributed by atoms with Crippen LogP contribution in [0.15, 0.2) is 16.9 Å². The van der Waals surface area contributed by atoms with Gasteiger partial charge in [0, 0.05) is 35.8 Å². The Labute approximate surface area is 175 Å². The number of carbonyl (C=O) groups excluding carboxylic acids is 1. The second-order valence-electron chi connectivity index (χ2n) is 8.92. The summed E-state index contributed by atoms with van der Waals surface area (Å²) in [5.41, 5.74) is 1.22. The summed E-state index contributed by atoms with van der Waals surface area (Å²) in [6.07, 6.45) is 11.1. The van der Waals surface area contributed by atoms with E-state index in [0.717, 1.165) is 79.6 Å². The fourth-order valence-corrected chi connectivity index (χ4v) is 5.95. The number of piperidine rings is 1. The SMILES string of the molecule is Cc1sc2nc(C3CC3)n(C3CCN(C(=O)[C@H]4CC=CCC4)CC3)c(=O)c2c1C. The van der Waals surface area contributed by atoms with E-state index in [1.807, 2.05) is 16.4 Å². The van der Waals surface area contributed by atoms with Crippen molar-refractivity contribution in [2.24, 2.45) is 5.92 Å². The summed E-state index contributed by atoms with van der Waals surface area (Å²) in [6, 6.07) is 0.157. The molecule has 5 rings (SSSR count). The number of allylic oxidation sites excluding steroid dienone is 2. The zero-order valence-corrected chi connectivity index (χ0v) is 18.1. The maximum absolute atomic E-state index is 13.5. The largest absolute Gasteiger partial charge is 0.342 e. The first-order valence-electron chi connectivity index (χ1n) is 11.0. The van der Waals surface area contributed by atoms with Gasteiger partial charge in [0.25, 0.3) is 5.56 Å². The number of rotatable bonds is 3. The molecule has 0 unspecified atom stereocenters. The van der Waals surface area contributed by atoms with Crippen molar-refractivity contribution >= 4 is 27.5 Å². The van der Waals surface area contributed by atoms with Crippen molar-refractivity contribution in [1.29, 1.82) is 0 Å². The van der Waals surface area contributed by atoms with Gasteiger partial charge < -0.3 is 4.90 Å². The minimum atomic E-state index is 0.140. The first kappa shape index (κ1) is 19.0. The van der Waals surface area contributed by atoms with Crippen molar-refractivity contribution in [3.8, 4) is 0 Å². The van der Waals surface area contributed by atoms with Crippen molar-refractivity contribution in [1.82, 2.24) is 14.5 Å². The van der Waals surface area contributed by atoms with Crippen LogP contribution in [-0.4, -0.2) is 33.4 Å².